The fourth-order valence-electron chi connectivity index (χ4n) is 0.862. The molecule has 0 saturated heterocycles. The molecule has 0 saturated carbocycles. The van der Waals surface area contributed by atoms with Crippen molar-refractivity contribution in [2.45, 2.75) is 25.9 Å². The van der Waals surface area contributed by atoms with Crippen LogP contribution in [0.2, 0.25) is 0 Å². The van der Waals surface area contributed by atoms with E-state index in [-0.39, 0.29) is 11.8 Å². The van der Waals surface area contributed by atoms with Crippen LogP contribution in [-0.2, 0) is 14.3 Å². The average molecular weight is 233 g/mol. The second-order valence-corrected chi connectivity index (χ2v) is 3.76. The third-order valence-electron chi connectivity index (χ3n) is 1.79. The summed E-state index contributed by atoms with van der Waals surface area (Å²) in [5.41, 5.74) is 5.13. The lowest BCUT2D eigenvalue weighted by atomic mass is 10.3. The summed E-state index contributed by atoms with van der Waals surface area (Å²) in [6, 6.07) is 0. The van der Waals surface area contributed by atoms with Gasteiger partial charge in [-0.25, -0.2) is 4.79 Å². The number of nitrogens with two attached hydrogens (primary N) is 1. The van der Waals surface area contributed by atoms with Crippen molar-refractivity contribution in [3.8, 4) is 0 Å². The second-order valence-electron chi connectivity index (χ2n) is 3.18. The molecule has 2 unspecified atom stereocenters. The zero-order chi connectivity index (χ0) is 11.7. The lowest BCUT2D eigenvalue weighted by Crippen LogP contribution is -2.25. The number of ether oxygens (including phenoxy) is 2. The van der Waals surface area contributed by atoms with Crippen LogP contribution >= 0.6 is 9.24 Å². The van der Waals surface area contributed by atoms with Crippen LogP contribution in [0, 0.1) is 0 Å². The zero-order valence-corrected chi connectivity index (χ0v) is 10.4. The second kappa shape index (κ2) is 8.69. The maximum absolute atomic E-state index is 11.1. The van der Waals surface area contributed by atoms with Gasteiger partial charge in [-0.1, -0.05) is 13.5 Å². The van der Waals surface area contributed by atoms with Gasteiger partial charge in [-0.05, 0) is 19.0 Å². The number of carbonyl (C=O) groups is 1. The van der Waals surface area contributed by atoms with E-state index in [2.05, 4.69) is 15.8 Å². The summed E-state index contributed by atoms with van der Waals surface area (Å²) >= 11 is 0. The van der Waals surface area contributed by atoms with Crippen molar-refractivity contribution < 1.29 is 14.3 Å². The molecule has 0 aliphatic carbocycles. The van der Waals surface area contributed by atoms with E-state index in [0.717, 1.165) is 12.6 Å². The van der Waals surface area contributed by atoms with Gasteiger partial charge < -0.3 is 15.2 Å². The van der Waals surface area contributed by atoms with Crippen molar-refractivity contribution >= 4 is 15.2 Å². The molecular formula is C10H20NO3P. The molecule has 5 heteroatoms. The van der Waals surface area contributed by atoms with Gasteiger partial charge >= 0.3 is 5.97 Å². The third-order valence-corrected chi connectivity index (χ3v) is 2.20. The van der Waals surface area contributed by atoms with Crippen molar-refractivity contribution in [1.82, 2.24) is 0 Å². The summed E-state index contributed by atoms with van der Waals surface area (Å²) < 4.78 is 10.4. The van der Waals surface area contributed by atoms with Gasteiger partial charge in [-0.2, -0.15) is 0 Å². The average Bonchev–Trinajstić information content (AvgIpc) is 2.22. The Bertz CT molecular complexity index is 209. The van der Waals surface area contributed by atoms with Gasteiger partial charge in [0.2, 0.25) is 0 Å². The van der Waals surface area contributed by atoms with Crippen molar-refractivity contribution in [3.63, 3.8) is 0 Å². The van der Waals surface area contributed by atoms with Crippen molar-refractivity contribution in [2.24, 2.45) is 5.73 Å². The summed E-state index contributed by atoms with van der Waals surface area (Å²) in [5.74, 6) is -0.559. The highest BCUT2D eigenvalue weighted by Crippen LogP contribution is 2.02. The molecule has 0 bridgehead atoms. The molecule has 0 aromatic carbocycles. The van der Waals surface area contributed by atoms with Crippen LogP contribution in [0.25, 0.3) is 0 Å². The molecule has 2 N–H and O–H groups in total. The Morgan fingerprint density at radius 3 is 2.73 bits per heavy atom. The van der Waals surface area contributed by atoms with Crippen LogP contribution in [0.3, 0.4) is 0 Å². The zero-order valence-electron chi connectivity index (χ0n) is 9.20. The molecule has 0 aliphatic heterocycles. The molecule has 0 heterocycles. The van der Waals surface area contributed by atoms with E-state index in [9.17, 15) is 4.79 Å². The van der Waals surface area contributed by atoms with E-state index in [1.54, 1.807) is 0 Å². The van der Waals surface area contributed by atoms with Crippen LogP contribution in [0.1, 0.15) is 19.8 Å². The monoisotopic (exact) mass is 233 g/mol. The maximum atomic E-state index is 11.1. The van der Waals surface area contributed by atoms with Gasteiger partial charge in [0.15, 0.2) is 0 Å². The van der Waals surface area contributed by atoms with E-state index in [1.165, 1.54) is 0 Å². The topological polar surface area (TPSA) is 61.6 Å². The first-order valence-corrected chi connectivity index (χ1v) is 5.86. The number of rotatable bonds is 8. The molecule has 0 aromatic heterocycles. The first kappa shape index (κ1) is 14.4. The molecule has 0 rings (SSSR count). The Balaban J connectivity index is 3.73. The minimum Gasteiger partial charge on any atom is -0.455 e. The Kier molecular flexibility index (Phi) is 8.34. The number of hydrogen-bond donors (Lipinski definition) is 1. The van der Waals surface area contributed by atoms with Crippen molar-refractivity contribution in [1.29, 1.82) is 0 Å². The molecule has 0 fully saturated rings. The minimum atomic E-state index is -0.559. The molecule has 88 valence electrons. The maximum Gasteiger partial charge on any atom is 0.353 e. The molecule has 0 aromatic rings. The summed E-state index contributed by atoms with van der Waals surface area (Å²) in [4.78, 5) is 11.1. The number of hydrogen-bond acceptors (Lipinski definition) is 4. The van der Waals surface area contributed by atoms with E-state index in [4.69, 9.17) is 15.2 Å². The molecule has 0 radical (unpaired) electrons. The number of esters is 1. The summed E-state index contributed by atoms with van der Waals surface area (Å²) in [6.07, 6.45) is 2.47. The van der Waals surface area contributed by atoms with E-state index in [0.29, 0.717) is 19.6 Å². The largest absolute Gasteiger partial charge is 0.455 e. The molecule has 4 nitrogen and oxygen atoms in total. The van der Waals surface area contributed by atoms with Gasteiger partial charge in [-0.3, -0.25) is 0 Å². The fourth-order valence-corrected chi connectivity index (χ4v) is 1.03. The Morgan fingerprint density at radius 1 is 1.60 bits per heavy atom. The first-order valence-electron chi connectivity index (χ1n) is 5.05. The van der Waals surface area contributed by atoms with Gasteiger partial charge in [0.25, 0.3) is 0 Å². The lowest BCUT2D eigenvalue weighted by molar-refractivity contribution is -0.147. The predicted molar refractivity (Wildman–Crippen MR) is 63.5 cm³/mol. The minimum absolute atomic E-state index is 0.0709. The summed E-state index contributed by atoms with van der Waals surface area (Å²) in [5, 5.41) is 0. The SMILES string of the molecule is C=C(N)C(=O)OC(CC)COCCCP. The highest BCUT2D eigenvalue weighted by molar-refractivity contribution is 7.16. The van der Waals surface area contributed by atoms with Crippen LogP contribution in [0.15, 0.2) is 12.3 Å². The van der Waals surface area contributed by atoms with E-state index >= 15 is 0 Å². The van der Waals surface area contributed by atoms with Crippen LogP contribution in [0.4, 0.5) is 0 Å². The highest BCUT2D eigenvalue weighted by Gasteiger charge is 2.13. The highest BCUT2D eigenvalue weighted by atomic mass is 31.0. The summed E-state index contributed by atoms with van der Waals surface area (Å²) in [7, 11) is 2.63. The Labute approximate surface area is 93.4 Å². The standard InChI is InChI=1S/C10H20NO3P/c1-3-9(7-13-5-4-6-15)14-10(12)8(2)11/h9H,2-7,11,15H2,1H3. The van der Waals surface area contributed by atoms with Crippen LogP contribution < -0.4 is 5.73 Å². The molecule has 15 heavy (non-hydrogen) atoms. The van der Waals surface area contributed by atoms with Crippen LogP contribution in [0.5, 0.6) is 0 Å². The van der Waals surface area contributed by atoms with Crippen molar-refractivity contribution in [3.05, 3.63) is 12.3 Å². The molecule has 0 amide bonds. The van der Waals surface area contributed by atoms with E-state index in [1.807, 2.05) is 6.92 Å². The van der Waals surface area contributed by atoms with Gasteiger partial charge in [0, 0.05) is 6.61 Å². The Morgan fingerprint density at radius 2 is 2.27 bits per heavy atom. The summed E-state index contributed by atoms with van der Waals surface area (Å²) in [6.45, 7) is 6.34. The smallest absolute Gasteiger partial charge is 0.353 e. The number of carbonyl (C=O) groups excluding carboxylic acids is 1. The van der Waals surface area contributed by atoms with Crippen LogP contribution in [-0.4, -0.2) is 31.4 Å². The molecular weight excluding hydrogens is 213 g/mol. The van der Waals surface area contributed by atoms with Gasteiger partial charge in [0.05, 0.1) is 6.61 Å². The first-order chi connectivity index (χ1) is 7.11. The molecule has 2 atom stereocenters. The van der Waals surface area contributed by atoms with Crippen molar-refractivity contribution in [2.75, 3.05) is 19.4 Å². The fraction of sp³-hybridized carbons (Fsp3) is 0.700. The normalized spacial score (nSPS) is 12.1. The molecule has 0 aliphatic rings. The quantitative estimate of drug-likeness (QED) is 0.295. The third kappa shape index (κ3) is 7.34. The predicted octanol–water partition coefficient (Wildman–Crippen LogP) is 1.06. The van der Waals surface area contributed by atoms with Gasteiger partial charge in [-0.15, -0.1) is 9.24 Å². The van der Waals surface area contributed by atoms with Gasteiger partial charge in [0.1, 0.15) is 11.8 Å². The Hall–Kier alpha value is -0.600. The molecule has 0 spiro atoms. The lowest BCUT2D eigenvalue weighted by Gasteiger charge is -2.16. The van der Waals surface area contributed by atoms with E-state index < -0.39 is 5.97 Å².